The van der Waals surface area contributed by atoms with E-state index in [1.165, 1.54) is 13.8 Å². The first-order valence-electron chi connectivity index (χ1n) is 8.43. The van der Waals surface area contributed by atoms with Gasteiger partial charge in [0.25, 0.3) is 0 Å². The van der Waals surface area contributed by atoms with E-state index in [2.05, 4.69) is 10.6 Å². The highest BCUT2D eigenvalue weighted by Gasteiger charge is 2.54. The van der Waals surface area contributed by atoms with Crippen molar-refractivity contribution in [3.05, 3.63) is 0 Å². The predicted molar refractivity (Wildman–Crippen MR) is 89.5 cm³/mol. The number of amides is 3. The largest absolute Gasteiger partial charge is 0.368 e. The highest BCUT2D eigenvalue weighted by Crippen LogP contribution is 2.43. The standard InChI is InChI=1S/C17H29N3O4/c1-10(21)14-12-7-17(6,9-18-15(23)19-16(3,4)5)24-13(12)8-20(14)11(2)22/h12-14H,7-9H2,1-6H3,(H2,18,19,23)/t12?,13?,14-,17?/m1/s1. The molecule has 0 aromatic heterocycles. The fourth-order valence-electron chi connectivity index (χ4n) is 3.77. The summed E-state index contributed by atoms with van der Waals surface area (Å²) >= 11 is 0. The minimum Gasteiger partial charge on any atom is -0.368 e. The van der Waals surface area contributed by atoms with Crippen LogP contribution in [0.4, 0.5) is 4.79 Å². The van der Waals surface area contributed by atoms with Crippen LogP contribution in [0.25, 0.3) is 0 Å². The summed E-state index contributed by atoms with van der Waals surface area (Å²) in [6.45, 7) is 11.5. The van der Waals surface area contributed by atoms with Gasteiger partial charge in [-0.3, -0.25) is 9.59 Å². The number of ketones is 1. The zero-order chi connectivity index (χ0) is 18.3. The summed E-state index contributed by atoms with van der Waals surface area (Å²) in [5, 5.41) is 5.70. The van der Waals surface area contributed by atoms with Crippen LogP contribution in [0, 0.1) is 5.92 Å². The Morgan fingerprint density at radius 1 is 1.25 bits per heavy atom. The normalized spacial score (nSPS) is 32.4. The van der Waals surface area contributed by atoms with Gasteiger partial charge < -0.3 is 20.3 Å². The first-order chi connectivity index (χ1) is 10.9. The summed E-state index contributed by atoms with van der Waals surface area (Å²) in [4.78, 5) is 37.3. The maximum Gasteiger partial charge on any atom is 0.315 e. The topological polar surface area (TPSA) is 87.7 Å². The lowest BCUT2D eigenvalue weighted by Crippen LogP contribution is -2.51. The number of Topliss-reactive ketones (excluding diaryl/α,β-unsaturated/α-hetero) is 1. The maximum atomic E-state index is 12.0. The van der Waals surface area contributed by atoms with Crippen molar-refractivity contribution >= 4 is 17.7 Å². The van der Waals surface area contributed by atoms with E-state index in [0.717, 1.165) is 0 Å². The fourth-order valence-corrected chi connectivity index (χ4v) is 3.77. The summed E-state index contributed by atoms with van der Waals surface area (Å²) in [5.41, 5.74) is -0.832. The van der Waals surface area contributed by atoms with E-state index in [9.17, 15) is 14.4 Å². The molecule has 2 aliphatic rings. The number of fused-ring (bicyclic) bond motifs is 1. The number of carbonyl (C=O) groups is 3. The first-order valence-corrected chi connectivity index (χ1v) is 8.43. The van der Waals surface area contributed by atoms with Gasteiger partial charge in [0.05, 0.1) is 17.7 Å². The minimum atomic E-state index is -0.527. The molecular weight excluding hydrogens is 310 g/mol. The van der Waals surface area contributed by atoms with Crippen LogP contribution in [0.1, 0.15) is 48.0 Å². The third-order valence-corrected chi connectivity index (χ3v) is 4.63. The zero-order valence-electron chi connectivity index (χ0n) is 15.4. The van der Waals surface area contributed by atoms with Crippen LogP contribution in [-0.2, 0) is 14.3 Å². The Bertz CT molecular complexity index is 542. The second-order valence-electron chi connectivity index (χ2n) is 8.26. The summed E-state index contributed by atoms with van der Waals surface area (Å²) in [6, 6.07) is -0.657. The van der Waals surface area contributed by atoms with E-state index in [0.29, 0.717) is 19.5 Å². The second-order valence-corrected chi connectivity index (χ2v) is 8.26. The molecule has 136 valence electrons. The van der Waals surface area contributed by atoms with Gasteiger partial charge in [0.1, 0.15) is 0 Å². The lowest BCUT2D eigenvalue weighted by Gasteiger charge is -2.30. The van der Waals surface area contributed by atoms with Gasteiger partial charge in [-0.1, -0.05) is 0 Å². The summed E-state index contributed by atoms with van der Waals surface area (Å²) < 4.78 is 6.13. The molecule has 0 aromatic rings. The quantitative estimate of drug-likeness (QED) is 0.805. The van der Waals surface area contributed by atoms with Crippen LogP contribution in [0.15, 0.2) is 0 Å². The van der Waals surface area contributed by atoms with Crippen molar-refractivity contribution < 1.29 is 19.1 Å². The molecular formula is C17H29N3O4. The van der Waals surface area contributed by atoms with Gasteiger partial charge in [-0.25, -0.2) is 4.79 Å². The molecule has 2 heterocycles. The van der Waals surface area contributed by atoms with Gasteiger partial charge in [-0.05, 0) is 41.0 Å². The molecule has 0 aliphatic carbocycles. The van der Waals surface area contributed by atoms with Crippen molar-refractivity contribution in [1.82, 2.24) is 15.5 Å². The number of nitrogens with one attached hydrogen (secondary N) is 2. The SMILES string of the molecule is CC(=O)[C@@H]1C2CC(C)(CNC(=O)NC(C)(C)C)OC2CN1C(C)=O. The van der Waals surface area contributed by atoms with E-state index in [-0.39, 0.29) is 35.3 Å². The molecule has 0 aromatic carbocycles. The van der Waals surface area contributed by atoms with Crippen molar-refractivity contribution in [3.8, 4) is 0 Å². The summed E-state index contributed by atoms with van der Waals surface area (Å²) in [6.07, 6.45) is 0.488. The van der Waals surface area contributed by atoms with Crippen LogP contribution >= 0.6 is 0 Å². The van der Waals surface area contributed by atoms with Crippen LogP contribution in [0.2, 0.25) is 0 Å². The smallest absolute Gasteiger partial charge is 0.315 e. The Morgan fingerprint density at radius 3 is 2.38 bits per heavy atom. The Balaban J connectivity index is 1.98. The fraction of sp³-hybridized carbons (Fsp3) is 0.824. The predicted octanol–water partition coefficient (Wildman–Crippen LogP) is 1.07. The van der Waals surface area contributed by atoms with Gasteiger partial charge in [-0.2, -0.15) is 0 Å². The third kappa shape index (κ3) is 4.06. The van der Waals surface area contributed by atoms with E-state index >= 15 is 0 Å². The molecule has 24 heavy (non-hydrogen) atoms. The summed E-state index contributed by atoms with van der Waals surface area (Å²) in [7, 11) is 0. The maximum absolute atomic E-state index is 12.0. The average Bonchev–Trinajstić information content (AvgIpc) is 2.87. The number of hydrogen-bond acceptors (Lipinski definition) is 4. The van der Waals surface area contributed by atoms with Crippen molar-refractivity contribution in [2.45, 2.75) is 71.2 Å². The van der Waals surface area contributed by atoms with Crippen LogP contribution in [0.5, 0.6) is 0 Å². The highest BCUT2D eigenvalue weighted by atomic mass is 16.5. The molecule has 7 heteroatoms. The Labute approximate surface area is 143 Å². The van der Waals surface area contributed by atoms with E-state index in [1.807, 2.05) is 27.7 Å². The number of likely N-dealkylation sites (tertiary alicyclic amines) is 1. The molecule has 3 unspecified atom stereocenters. The monoisotopic (exact) mass is 339 g/mol. The van der Waals surface area contributed by atoms with Crippen molar-refractivity contribution in [3.63, 3.8) is 0 Å². The van der Waals surface area contributed by atoms with E-state index in [1.54, 1.807) is 4.90 Å². The van der Waals surface area contributed by atoms with Crippen LogP contribution in [0.3, 0.4) is 0 Å². The molecule has 3 amide bonds. The number of rotatable bonds is 3. The molecule has 2 fully saturated rings. The Morgan fingerprint density at radius 2 is 1.88 bits per heavy atom. The van der Waals surface area contributed by atoms with E-state index in [4.69, 9.17) is 4.74 Å². The average molecular weight is 339 g/mol. The van der Waals surface area contributed by atoms with Crippen molar-refractivity contribution in [2.75, 3.05) is 13.1 Å². The molecule has 0 spiro atoms. The summed E-state index contributed by atoms with van der Waals surface area (Å²) in [5.74, 6) is -0.120. The number of hydrogen-bond donors (Lipinski definition) is 2. The first kappa shape index (κ1) is 18.7. The van der Waals surface area contributed by atoms with Gasteiger partial charge in [0.15, 0.2) is 5.78 Å². The van der Waals surface area contributed by atoms with Crippen molar-refractivity contribution in [1.29, 1.82) is 0 Å². The molecule has 2 N–H and O–H groups in total. The minimum absolute atomic E-state index is 0.0102. The number of nitrogens with zero attached hydrogens (tertiary/aromatic N) is 1. The number of urea groups is 1. The molecule has 4 atom stereocenters. The van der Waals surface area contributed by atoms with Crippen LogP contribution < -0.4 is 10.6 Å². The lowest BCUT2D eigenvalue weighted by molar-refractivity contribution is -0.136. The molecule has 0 saturated carbocycles. The molecule has 2 aliphatic heterocycles. The second kappa shape index (κ2) is 6.35. The third-order valence-electron chi connectivity index (χ3n) is 4.63. The van der Waals surface area contributed by atoms with Crippen molar-refractivity contribution in [2.24, 2.45) is 5.92 Å². The van der Waals surface area contributed by atoms with Gasteiger partial charge in [-0.15, -0.1) is 0 Å². The van der Waals surface area contributed by atoms with Gasteiger partial charge >= 0.3 is 6.03 Å². The number of ether oxygens (including phenoxy) is 1. The van der Waals surface area contributed by atoms with Gasteiger partial charge in [0, 0.05) is 31.5 Å². The Kier molecular flexibility index (Phi) is 4.95. The van der Waals surface area contributed by atoms with Gasteiger partial charge in [0.2, 0.25) is 5.91 Å². The van der Waals surface area contributed by atoms with Crippen LogP contribution in [-0.4, -0.2) is 59.0 Å². The molecule has 2 saturated heterocycles. The Hall–Kier alpha value is -1.63. The highest BCUT2D eigenvalue weighted by molar-refractivity contribution is 5.88. The molecule has 2 rings (SSSR count). The van der Waals surface area contributed by atoms with E-state index < -0.39 is 11.6 Å². The zero-order valence-corrected chi connectivity index (χ0v) is 15.4. The molecule has 0 radical (unpaired) electrons. The molecule has 7 nitrogen and oxygen atoms in total. The molecule has 0 bridgehead atoms. The number of carbonyl (C=O) groups excluding carboxylic acids is 3. The lowest BCUT2D eigenvalue weighted by atomic mass is 9.88.